The van der Waals surface area contributed by atoms with Gasteiger partial charge in [-0.1, -0.05) is 12.1 Å². The van der Waals surface area contributed by atoms with Gasteiger partial charge in [-0.2, -0.15) is 0 Å². The number of aromatic nitrogens is 1. The van der Waals surface area contributed by atoms with Crippen LogP contribution in [0.3, 0.4) is 0 Å². The van der Waals surface area contributed by atoms with Gasteiger partial charge in [0.1, 0.15) is 5.75 Å². The molecule has 2 rings (SSSR count). The van der Waals surface area contributed by atoms with Gasteiger partial charge >= 0.3 is 0 Å². The third-order valence-corrected chi connectivity index (χ3v) is 2.61. The molecule has 5 nitrogen and oxygen atoms in total. The SMILES string of the molecule is COc1cccc(C(O)C(=O)Nc2ccncc2)c1. The average Bonchev–Trinajstić information content (AvgIpc) is 2.47. The van der Waals surface area contributed by atoms with E-state index in [1.165, 1.54) is 7.11 Å². The van der Waals surface area contributed by atoms with E-state index < -0.39 is 12.0 Å². The largest absolute Gasteiger partial charge is 0.497 e. The third-order valence-electron chi connectivity index (χ3n) is 2.61. The van der Waals surface area contributed by atoms with Gasteiger partial charge in [-0.05, 0) is 29.8 Å². The van der Waals surface area contributed by atoms with Crippen molar-refractivity contribution < 1.29 is 14.6 Å². The van der Waals surface area contributed by atoms with E-state index in [0.717, 1.165) is 0 Å². The Morgan fingerprint density at radius 2 is 2.05 bits per heavy atom. The number of anilines is 1. The van der Waals surface area contributed by atoms with E-state index in [-0.39, 0.29) is 0 Å². The summed E-state index contributed by atoms with van der Waals surface area (Å²) < 4.78 is 5.05. The highest BCUT2D eigenvalue weighted by Crippen LogP contribution is 2.20. The van der Waals surface area contributed by atoms with Crippen LogP contribution in [0.25, 0.3) is 0 Å². The Kier molecular flexibility index (Phi) is 4.10. The maximum absolute atomic E-state index is 11.9. The van der Waals surface area contributed by atoms with Crippen LogP contribution in [0, 0.1) is 0 Å². The second-order valence-corrected chi connectivity index (χ2v) is 3.90. The summed E-state index contributed by atoms with van der Waals surface area (Å²) in [7, 11) is 1.53. The number of hydrogen-bond donors (Lipinski definition) is 2. The molecule has 1 aromatic heterocycles. The van der Waals surface area contributed by atoms with E-state index >= 15 is 0 Å². The van der Waals surface area contributed by atoms with Crippen molar-refractivity contribution in [2.45, 2.75) is 6.10 Å². The molecule has 2 N–H and O–H groups in total. The molecule has 2 aromatic rings. The Bertz CT molecular complexity index is 558. The van der Waals surface area contributed by atoms with Gasteiger partial charge in [0.15, 0.2) is 6.10 Å². The summed E-state index contributed by atoms with van der Waals surface area (Å²) >= 11 is 0. The van der Waals surface area contributed by atoms with E-state index in [1.807, 2.05) is 0 Å². The Morgan fingerprint density at radius 3 is 2.74 bits per heavy atom. The summed E-state index contributed by atoms with van der Waals surface area (Å²) in [6.07, 6.45) is 1.88. The zero-order chi connectivity index (χ0) is 13.7. The molecule has 0 saturated heterocycles. The highest BCUT2D eigenvalue weighted by Gasteiger charge is 2.17. The number of carbonyl (C=O) groups is 1. The Labute approximate surface area is 110 Å². The Balaban J connectivity index is 2.10. The number of aliphatic hydroxyl groups is 1. The molecular formula is C14H14N2O3. The molecule has 19 heavy (non-hydrogen) atoms. The molecule has 0 fully saturated rings. The van der Waals surface area contributed by atoms with E-state index in [4.69, 9.17) is 4.74 Å². The van der Waals surface area contributed by atoms with Crippen LogP contribution in [0.1, 0.15) is 11.7 Å². The summed E-state index contributed by atoms with van der Waals surface area (Å²) in [5, 5.41) is 12.6. The number of nitrogens with one attached hydrogen (secondary N) is 1. The lowest BCUT2D eigenvalue weighted by molar-refractivity contribution is -0.124. The highest BCUT2D eigenvalue weighted by molar-refractivity contribution is 5.94. The molecule has 5 heteroatoms. The van der Waals surface area contributed by atoms with E-state index in [9.17, 15) is 9.90 Å². The number of hydrogen-bond acceptors (Lipinski definition) is 4. The van der Waals surface area contributed by atoms with Crippen molar-refractivity contribution in [2.75, 3.05) is 12.4 Å². The van der Waals surface area contributed by atoms with Gasteiger partial charge in [-0.15, -0.1) is 0 Å². The van der Waals surface area contributed by atoms with Gasteiger partial charge in [0.2, 0.25) is 0 Å². The molecule has 0 aliphatic heterocycles. The first-order valence-electron chi connectivity index (χ1n) is 5.73. The smallest absolute Gasteiger partial charge is 0.257 e. The molecule has 0 spiro atoms. The maximum Gasteiger partial charge on any atom is 0.257 e. The van der Waals surface area contributed by atoms with Crippen molar-refractivity contribution in [3.05, 3.63) is 54.4 Å². The fourth-order valence-corrected chi connectivity index (χ4v) is 1.61. The second-order valence-electron chi connectivity index (χ2n) is 3.90. The molecule has 1 amide bonds. The predicted molar refractivity (Wildman–Crippen MR) is 70.8 cm³/mol. The van der Waals surface area contributed by atoms with Gasteiger partial charge < -0.3 is 15.2 Å². The van der Waals surface area contributed by atoms with Crippen LogP contribution >= 0.6 is 0 Å². The van der Waals surface area contributed by atoms with Crippen molar-refractivity contribution >= 4 is 11.6 Å². The summed E-state index contributed by atoms with van der Waals surface area (Å²) in [6, 6.07) is 10.1. The molecule has 0 aliphatic rings. The summed E-state index contributed by atoms with van der Waals surface area (Å²) in [4.78, 5) is 15.7. The topological polar surface area (TPSA) is 71.5 Å². The molecular weight excluding hydrogens is 244 g/mol. The van der Waals surface area contributed by atoms with Gasteiger partial charge in [0, 0.05) is 18.1 Å². The minimum absolute atomic E-state index is 0.478. The first kappa shape index (κ1) is 13.0. The number of aliphatic hydroxyl groups excluding tert-OH is 1. The molecule has 98 valence electrons. The summed E-state index contributed by atoms with van der Waals surface area (Å²) in [6.45, 7) is 0. The normalized spacial score (nSPS) is 11.7. The van der Waals surface area contributed by atoms with Crippen LogP contribution in [0.4, 0.5) is 5.69 Å². The Hall–Kier alpha value is -2.40. The van der Waals surface area contributed by atoms with Gasteiger partial charge in [-0.3, -0.25) is 9.78 Å². The van der Waals surface area contributed by atoms with Crippen LogP contribution in [0.15, 0.2) is 48.8 Å². The third kappa shape index (κ3) is 3.29. The van der Waals surface area contributed by atoms with E-state index in [2.05, 4.69) is 10.3 Å². The predicted octanol–water partition coefficient (Wildman–Crippen LogP) is 1.76. The molecule has 1 atom stereocenters. The summed E-state index contributed by atoms with van der Waals surface area (Å²) in [5.41, 5.74) is 1.06. The Morgan fingerprint density at radius 1 is 1.32 bits per heavy atom. The lowest BCUT2D eigenvalue weighted by Gasteiger charge is -2.12. The lowest BCUT2D eigenvalue weighted by Crippen LogP contribution is -2.20. The summed E-state index contributed by atoms with van der Waals surface area (Å²) in [5.74, 6) is 0.0905. The van der Waals surface area contributed by atoms with Crippen LogP contribution in [0.2, 0.25) is 0 Å². The number of nitrogens with zero attached hydrogens (tertiary/aromatic N) is 1. The first-order valence-corrected chi connectivity index (χ1v) is 5.73. The second kappa shape index (κ2) is 5.97. The highest BCUT2D eigenvalue weighted by atomic mass is 16.5. The van der Waals surface area contributed by atoms with E-state index in [0.29, 0.717) is 17.0 Å². The average molecular weight is 258 g/mol. The lowest BCUT2D eigenvalue weighted by atomic mass is 10.1. The van der Waals surface area contributed by atoms with Crippen molar-refractivity contribution in [3.8, 4) is 5.75 Å². The number of methoxy groups -OCH3 is 1. The van der Waals surface area contributed by atoms with Crippen LogP contribution < -0.4 is 10.1 Å². The number of benzene rings is 1. The number of ether oxygens (including phenoxy) is 1. The zero-order valence-corrected chi connectivity index (χ0v) is 10.4. The van der Waals surface area contributed by atoms with Crippen molar-refractivity contribution in [1.82, 2.24) is 4.98 Å². The number of amides is 1. The molecule has 1 aromatic carbocycles. The van der Waals surface area contributed by atoms with E-state index in [1.54, 1.807) is 48.8 Å². The van der Waals surface area contributed by atoms with Crippen LogP contribution in [-0.4, -0.2) is 23.1 Å². The fraction of sp³-hybridized carbons (Fsp3) is 0.143. The molecule has 1 unspecified atom stereocenters. The number of pyridine rings is 1. The van der Waals surface area contributed by atoms with Crippen molar-refractivity contribution in [2.24, 2.45) is 0 Å². The van der Waals surface area contributed by atoms with Gasteiger partial charge in [-0.25, -0.2) is 0 Å². The minimum Gasteiger partial charge on any atom is -0.497 e. The molecule has 0 aliphatic carbocycles. The van der Waals surface area contributed by atoms with Crippen molar-refractivity contribution in [1.29, 1.82) is 0 Å². The standard InChI is InChI=1S/C14H14N2O3/c1-19-12-4-2-3-10(9-12)13(17)14(18)16-11-5-7-15-8-6-11/h2-9,13,17H,1H3,(H,15,16,18). The van der Waals surface area contributed by atoms with Gasteiger partial charge in [0.25, 0.3) is 5.91 Å². The maximum atomic E-state index is 11.9. The monoisotopic (exact) mass is 258 g/mol. The zero-order valence-electron chi connectivity index (χ0n) is 10.4. The quantitative estimate of drug-likeness (QED) is 0.876. The number of rotatable bonds is 4. The van der Waals surface area contributed by atoms with Crippen LogP contribution in [-0.2, 0) is 4.79 Å². The fourth-order valence-electron chi connectivity index (χ4n) is 1.61. The first-order chi connectivity index (χ1) is 9.20. The molecule has 0 radical (unpaired) electrons. The number of carbonyl (C=O) groups excluding carboxylic acids is 1. The molecule has 1 heterocycles. The molecule has 0 saturated carbocycles. The van der Waals surface area contributed by atoms with Crippen molar-refractivity contribution in [3.63, 3.8) is 0 Å². The minimum atomic E-state index is -1.25. The molecule has 0 bridgehead atoms. The van der Waals surface area contributed by atoms with Crippen LogP contribution in [0.5, 0.6) is 5.75 Å². The van der Waals surface area contributed by atoms with Gasteiger partial charge in [0.05, 0.1) is 7.11 Å².